The molecular weight excluding hydrogens is 373 g/mol. The standard InChI is InChI=1S/C23H18FNO4/c1-27-21-4-2-3-16(13-21)22(14-25)23(26)15-28-18-9-11-20(12-10-18)29-19-7-5-17(24)6-8-19/h2-13,22H,15H2,1H3. The number of carbonyl (C=O) groups is 1. The van der Waals surface area contributed by atoms with Gasteiger partial charge in [-0.2, -0.15) is 5.26 Å². The molecular formula is C23H18FNO4. The quantitative estimate of drug-likeness (QED) is 0.547. The predicted molar refractivity (Wildman–Crippen MR) is 105 cm³/mol. The molecule has 146 valence electrons. The minimum Gasteiger partial charge on any atom is -0.497 e. The van der Waals surface area contributed by atoms with Gasteiger partial charge in [0.1, 0.15) is 41.3 Å². The Hall–Kier alpha value is -3.85. The first-order valence-electron chi connectivity index (χ1n) is 8.81. The summed E-state index contributed by atoms with van der Waals surface area (Å²) >= 11 is 0. The summed E-state index contributed by atoms with van der Waals surface area (Å²) in [6, 6.07) is 21.2. The Morgan fingerprint density at radius 3 is 2.21 bits per heavy atom. The average Bonchev–Trinajstić information content (AvgIpc) is 2.75. The number of rotatable bonds is 8. The number of nitriles is 1. The smallest absolute Gasteiger partial charge is 0.191 e. The zero-order valence-electron chi connectivity index (χ0n) is 15.7. The Morgan fingerprint density at radius 1 is 0.966 bits per heavy atom. The first kappa shape index (κ1) is 19.9. The zero-order chi connectivity index (χ0) is 20.6. The summed E-state index contributed by atoms with van der Waals surface area (Å²) in [7, 11) is 1.52. The van der Waals surface area contributed by atoms with Crippen LogP contribution in [0, 0.1) is 17.1 Å². The van der Waals surface area contributed by atoms with Crippen molar-refractivity contribution in [3.8, 4) is 29.1 Å². The van der Waals surface area contributed by atoms with Crippen molar-refractivity contribution in [2.75, 3.05) is 13.7 Å². The average molecular weight is 391 g/mol. The Bertz CT molecular complexity index is 1010. The summed E-state index contributed by atoms with van der Waals surface area (Å²) in [6.07, 6.45) is 0. The van der Waals surface area contributed by atoms with Crippen LogP contribution < -0.4 is 14.2 Å². The van der Waals surface area contributed by atoms with Gasteiger partial charge in [0.2, 0.25) is 0 Å². The Balaban J connectivity index is 1.59. The molecule has 0 heterocycles. The number of carbonyl (C=O) groups excluding carboxylic acids is 1. The van der Waals surface area contributed by atoms with Crippen molar-refractivity contribution < 1.29 is 23.4 Å². The van der Waals surface area contributed by atoms with Crippen molar-refractivity contribution in [3.63, 3.8) is 0 Å². The van der Waals surface area contributed by atoms with E-state index < -0.39 is 5.92 Å². The van der Waals surface area contributed by atoms with E-state index in [0.29, 0.717) is 28.6 Å². The van der Waals surface area contributed by atoms with E-state index in [1.165, 1.54) is 31.4 Å². The largest absolute Gasteiger partial charge is 0.497 e. The second-order valence-electron chi connectivity index (χ2n) is 6.12. The molecule has 0 bridgehead atoms. The third-order valence-corrected chi connectivity index (χ3v) is 4.13. The number of methoxy groups -OCH3 is 1. The summed E-state index contributed by atoms with van der Waals surface area (Å²) in [5, 5.41) is 9.40. The van der Waals surface area contributed by atoms with Crippen molar-refractivity contribution in [3.05, 3.63) is 84.2 Å². The number of benzene rings is 3. The van der Waals surface area contributed by atoms with Gasteiger partial charge in [0.05, 0.1) is 13.2 Å². The molecule has 0 aliphatic heterocycles. The Labute approximate surface area is 167 Å². The molecule has 3 aromatic carbocycles. The van der Waals surface area contributed by atoms with Crippen LogP contribution in [0.3, 0.4) is 0 Å². The molecule has 0 saturated carbocycles. The van der Waals surface area contributed by atoms with Crippen molar-refractivity contribution in [2.24, 2.45) is 0 Å². The fraction of sp³-hybridized carbons (Fsp3) is 0.130. The van der Waals surface area contributed by atoms with E-state index in [2.05, 4.69) is 0 Å². The number of hydrogen-bond acceptors (Lipinski definition) is 5. The summed E-state index contributed by atoms with van der Waals surface area (Å²) in [4.78, 5) is 12.4. The highest BCUT2D eigenvalue weighted by Gasteiger charge is 2.21. The highest BCUT2D eigenvalue weighted by Crippen LogP contribution is 2.25. The van der Waals surface area contributed by atoms with Crippen molar-refractivity contribution in [2.45, 2.75) is 5.92 Å². The summed E-state index contributed by atoms with van der Waals surface area (Å²) in [5.41, 5.74) is 0.559. The normalized spacial score (nSPS) is 11.2. The molecule has 3 rings (SSSR count). The van der Waals surface area contributed by atoms with Gasteiger partial charge in [-0.1, -0.05) is 12.1 Å². The van der Waals surface area contributed by atoms with Crippen LogP contribution in [0.1, 0.15) is 11.5 Å². The molecule has 0 amide bonds. The van der Waals surface area contributed by atoms with Crippen LogP contribution in [0.25, 0.3) is 0 Å². The molecule has 3 aromatic rings. The Kier molecular flexibility index (Phi) is 6.43. The van der Waals surface area contributed by atoms with Crippen LogP contribution in [-0.2, 0) is 4.79 Å². The lowest BCUT2D eigenvalue weighted by Crippen LogP contribution is -2.19. The van der Waals surface area contributed by atoms with Crippen LogP contribution in [0.15, 0.2) is 72.8 Å². The minimum absolute atomic E-state index is 0.242. The predicted octanol–water partition coefficient (Wildman–Crippen LogP) is 4.88. The van der Waals surface area contributed by atoms with E-state index in [-0.39, 0.29) is 18.2 Å². The van der Waals surface area contributed by atoms with Crippen molar-refractivity contribution >= 4 is 5.78 Å². The lowest BCUT2D eigenvalue weighted by atomic mass is 9.96. The third-order valence-electron chi connectivity index (χ3n) is 4.13. The molecule has 1 unspecified atom stereocenters. The molecule has 0 aromatic heterocycles. The van der Waals surface area contributed by atoms with E-state index in [0.717, 1.165) is 0 Å². The maximum absolute atomic E-state index is 12.9. The number of nitrogens with zero attached hydrogens (tertiary/aromatic N) is 1. The van der Waals surface area contributed by atoms with E-state index in [9.17, 15) is 14.4 Å². The van der Waals surface area contributed by atoms with E-state index in [4.69, 9.17) is 14.2 Å². The van der Waals surface area contributed by atoms with Crippen LogP contribution in [0.4, 0.5) is 4.39 Å². The number of hydrogen-bond donors (Lipinski definition) is 0. The van der Waals surface area contributed by atoms with Gasteiger partial charge in [0, 0.05) is 0 Å². The fourth-order valence-electron chi connectivity index (χ4n) is 2.63. The first-order valence-corrected chi connectivity index (χ1v) is 8.81. The SMILES string of the molecule is COc1cccc(C(C#N)C(=O)COc2ccc(Oc3ccc(F)cc3)cc2)c1. The molecule has 0 saturated heterocycles. The molecule has 0 spiro atoms. The number of ketones is 1. The van der Waals surface area contributed by atoms with Crippen LogP contribution in [0.2, 0.25) is 0 Å². The van der Waals surface area contributed by atoms with Crippen LogP contribution in [0.5, 0.6) is 23.0 Å². The van der Waals surface area contributed by atoms with E-state index >= 15 is 0 Å². The summed E-state index contributed by atoms with van der Waals surface area (Å²) in [5.74, 6) is 0.460. The van der Waals surface area contributed by atoms with Gasteiger partial charge >= 0.3 is 0 Å². The van der Waals surface area contributed by atoms with E-state index in [1.54, 1.807) is 48.5 Å². The summed E-state index contributed by atoms with van der Waals surface area (Å²) < 4.78 is 29.2. The number of ether oxygens (including phenoxy) is 3. The number of halogens is 1. The van der Waals surface area contributed by atoms with Gasteiger partial charge in [-0.25, -0.2) is 4.39 Å². The van der Waals surface area contributed by atoms with E-state index in [1.807, 2.05) is 6.07 Å². The molecule has 6 heteroatoms. The second kappa shape index (κ2) is 9.38. The third kappa shape index (κ3) is 5.33. The van der Waals surface area contributed by atoms with Crippen molar-refractivity contribution in [1.82, 2.24) is 0 Å². The molecule has 29 heavy (non-hydrogen) atoms. The topological polar surface area (TPSA) is 68.5 Å². The Morgan fingerprint density at radius 2 is 1.59 bits per heavy atom. The monoisotopic (exact) mass is 391 g/mol. The maximum Gasteiger partial charge on any atom is 0.191 e. The zero-order valence-corrected chi connectivity index (χ0v) is 15.7. The van der Waals surface area contributed by atoms with Gasteiger partial charge in [0.25, 0.3) is 0 Å². The molecule has 0 aliphatic rings. The minimum atomic E-state index is -0.939. The lowest BCUT2D eigenvalue weighted by Gasteiger charge is -2.12. The molecule has 5 nitrogen and oxygen atoms in total. The maximum atomic E-state index is 12.9. The van der Waals surface area contributed by atoms with Gasteiger partial charge in [-0.05, 0) is 66.2 Å². The second-order valence-corrected chi connectivity index (χ2v) is 6.12. The summed E-state index contributed by atoms with van der Waals surface area (Å²) in [6.45, 7) is -0.242. The molecule has 0 aliphatic carbocycles. The van der Waals surface area contributed by atoms with Gasteiger partial charge in [0.15, 0.2) is 5.78 Å². The number of Topliss-reactive ketones (excluding diaryl/α,β-unsaturated/α-hetero) is 1. The van der Waals surface area contributed by atoms with Crippen LogP contribution >= 0.6 is 0 Å². The highest BCUT2D eigenvalue weighted by molar-refractivity contribution is 5.89. The first-order chi connectivity index (χ1) is 14.1. The van der Waals surface area contributed by atoms with Gasteiger partial charge in [-0.3, -0.25) is 4.79 Å². The lowest BCUT2D eigenvalue weighted by molar-refractivity contribution is -0.121. The molecule has 0 fully saturated rings. The highest BCUT2D eigenvalue weighted by atomic mass is 19.1. The van der Waals surface area contributed by atoms with Gasteiger partial charge < -0.3 is 14.2 Å². The fourth-order valence-corrected chi connectivity index (χ4v) is 2.63. The van der Waals surface area contributed by atoms with Crippen molar-refractivity contribution in [1.29, 1.82) is 5.26 Å². The van der Waals surface area contributed by atoms with Crippen LogP contribution in [-0.4, -0.2) is 19.5 Å². The molecule has 0 radical (unpaired) electrons. The molecule has 1 atom stereocenters. The molecule has 0 N–H and O–H groups in total. The van der Waals surface area contributed by atoms with Gasteiger partial charge in [-0.15, -0.1) is 0 Å².